The predicted octanol–water partition coefficient (Wildman–Crippen LogP) is 2.23. The first-order chi connectivity index (χ1) is 7.41. The van der Waals surface area contributed by atoms with Crippen LogP contribution in [0, 0.1) is 0 Å². The zero-order valence-corrected chi connectivity index (χ0v) is 10.1. The van der Waals surface area contributed by atoms with Gasteiger partial charge in [0.05, 0.1) is 0 Å². The monoisotopic (exact) mass is 216 g/mol. The number of hydrogen-bond acceptors (Lipinski definition) is 2. The number of rotatable bonds is 0. The molecule has 2 rings (SSSR count). The van der Waals surface area contributed by atoms with Crippen molar-refractivity contribution in [1.29, 1.82) is 0 Å². The summed E-state index contributed by atoms with van der Waals surface area (Å²) in [5.41, 5.74) is 1.67. The topological polar surface area (TPSA) is 34.9 Å². The van der Waals surface area contributed by atoms with Crippen LogP contribution in [0.5, 0.6) is 0 Å². The number of hydrogen-bond donors (Lipinski definition) is 0. The zero-order chi connectivity index (χ0) is 11.9. The Morgan fingerprint density at radius 1 is 1.31 bits per heavy atom. The molecule has 0 fully saturated rings. The molecule has 0 saturated heterocycles. The van der Waals surface area contributed by atoms with E-state index >= 15 is 0 Å². The highest BCUT2D eigenvalue weighted by molar-refractivity contribution is 5.81. The molecule has 0 unspecified atom stereocenters. The fraction of sp³-hybridized carbons (Fsp3) is 0.385. The largest absolute Gasteiger partial charge is 0.316 e. The maximum atomic E-state index is 11.9. The lowest BCUT2D eigenvalue weighted by atomic mass is 9.86. The SMILES string of the molecule is Cn1cc(C(C)(C)C)c2cccnc2c1=O. The lowest BCUT2D eigenvalue weighted by Crippen LogP contribution is -2.22. The molecule has 16 heavy (non-hydrogen) atoms. The van der Waals surface area contributed by atoms with E-state index in [4.69, 9.17) is 0 Å². The second kappa shape index (κ2) is 3.44. The summed E-state index contributed by atoms with van der Waals surface area (Å²) in [5.74, 6) is 0. The van der Waals surface area contributed by atoms with Crippen molar-refractivity contribution in [3.63, 3.8) is 0 Å². The van der Waals surface area contributed by atoms with Crippen molar-refractivity contribution in [2.24, 2.45) is 7.05 Å². The molecule has 0 bridgehead atoms. The first kappa shape index (κ1) is 10.9. The molecule has 2 aromatic heterocycles. The van der Waals surface area contributed by atoms with Crippen molar-refractivity contribution in [1.82, 2.24) is 9.55 Å². The maximum absolute atomic E-state index is 11.9. The van der Waals surface area contributed by atoms with Gasteiger partial charge in [-0.15, -0.1) is 0 Å². The highest BCUT2D eigenvalue weighted by Gasteiger charge is 2.19. The van der Waals surface area contributed by atoms with Crippen molar-refractivity contribution in [2.45, 2.75) is 26.2 Å². The standard InChI is InChI=1S/C13H16N2O/c1-13(2,3)10-8-15(4)12(16)11-9(10)6-5-7-14-11/h5-8H,1-4H3. The van der Waals surface area contributed by atoms with Crippen LogP contribution in [0.2, 0.25) is 0 Å². The van der Waals surface area contributed by atoms with Crippen molar-refractivity contribution in [3.8, 4) is 0 Å². The Balaban J connectivity index is 2.97. The smallest absolute Gasteiger partial charge is 0.276 e. The third-order valence-corrected chi connectivity index (χ3v) is 2.75. The molecule has 2 heterocycles. The van der Waals surface area contributed by atoms with Gasteiger partial charge in [-0.2, -0.15) is 0 Å². The molecule has 0 spiro atoms. The summed E-state index contributed by atoms with van der Waals surface area (Å²) in [6, 6.07) is 3.83. The zero-order valence-electron chi connectivity index (χ0n) is 10.1. The molecule has 84 valence electrons. The summed E-state index contributed by atoms with van der Waals surface area (Å²) >= 11 is 0. The first-order valence-electron chi connectivity index (χ1n) is 5.36. The summed E-state index contributed by atoms with van der Waals surface area (Å²) < 4.78 is 1.61. The van der Waals surface area contributed by atoms with Crippen LogP contribution in [0.1, 0.15) is 26.3 Å². The van der Waals surface area contributed by atoms with Gasteiger partial charge >= 0.3 is 0 Å². The van der Waals surface area contributed by atoms with Crippen molar-refractivity contribution < 1.29 is 0 Å². The minimum absolute atomic E-state index is 0.00669. The third kappa shape index (κ3) is 1.62. The van der Waals surface area contributed by atoms with Crippen LogP contribution in [0.3, 0.4) is 0 Å². The van der Waals surface area contributed by atoms with Gasteiger partial charge in [0, 0.05) is 24.8 Å². The van der Waals surface area contributed by atoms with E-state index in [9.17, 15) is 4.79 Å². The molecule has 0 amide bonds. The highest BCUT2D eigenvalue weighted by atomic mass is 16.1. The predicted molar refractivity (Wildman–Crippen MR) is 65.7 cm³/mol. The van der Waals surface area contributed by atoms with E-state index in [1.165, 1.54) is 0 Å². The number of aryl methyl sites for hydroxylation is 1. The fourth-order valence-electron chi connectivity index (χ4n) is 1.88. The molecular weight excluding hydrogens is 200 g/mol. The minimum atomic E-state index is -0.0383. The minimum Gasteiger partial charge on any atom is -0.316 e. The number of aromatic nitrogens is 2. The van der Waals surface area contributed by atoms with Gasteiger partial charge in [0.25, 0.3) is 5.56 Å². The quantitative estimate of drug-likeness (QED) is 0.677. The van der Waals surface area contributed by atoms with Gasteiger partial charge in [-0.05, 0) is 17.0 Å². The van der Waals surface area contributed by atoms with Gasteiger partial charge < -0.3 is 4.57 Å². The van der Waals surface area contributed by atoms with Gasteiger partial charge in [0.2, 0.25) is 0 Å². The molecule has 0 saturated carbocycles. The first-order valence-corrected chi connectivity index (χ1v) is 5.36. The van der Waals surface area contributed by atoms with Gasteiger partial charge in [0.15, 0.2) is 0 Å². The lowest BCUT2D eigenvalue weighted by Gasteiger charge is -2.21. The van der Waals surface area contributed by atoms with E-state index < -0.39 is 0 Å². The van der Waals surface area contributed by atoms with Gasteiger partial charge in [0.1, 0.15) is 5.52 Å². The molecule has 3 heteroatoms. The number of pyridine rings is 2. The molecule has 3 nitrogen and oxygen atoms in total. The summed E-state index contributed by atoms with van der Waals surface area (Å²) in [4.78, 5) is 16.1. The van der Waals surface area contributed by atoms with E-state index in [2.05, 4.69) is 25.8 Å². The summed E-state index contributed by atoms with van der Waals surface area (Å²) in [6.07, 6.45) is 3.57. The number of fused-ring (bicyclic) bond motifs is 1. The normalized spacial score (nSPS) is 12.0. The average Bonchev–Trinajstić information content (AvgIpc) is 2.22. The lowest BCUT2D eigenvalue weighted by molar-refractivity contribution is 0.587. The summed E-state index contributed by atoms with van der Waals surface area (Å²) in [5, 5.41) is 0.957. The van der Waals surface area contributed by atoms with Crippen LogP contribution in [0.4, 0.5) is 0 Å². The van der Waals surface area contributed by atoms with E-state index in [0.29, 0.717) is 5.52 Å². The van der Waals surface area contributed by atoms with Crippen LogP contribution < -0.4 is 5.56 Å². The molecular formula is C13H16N2O. The molecule has 0 N–H and O–H groups in total. The van der Waals surface area contributed by atoms with E-state index in [1.807, 2.05) is 18.3 Å². The molecule has 2 aromatic rings. The van der Waals surface area contributed by atoms with Crippen LogP contribution in [-0.2, 0) is 12.5 Å². The van der Waals surface area contributed by atoms with Crippen molar-refractivity contribution in [3.05, 3.63) is 40.4 Å². The number of nitrogens with zero attached hydrogens (tertiary/aromatic N) is 2. The fourth-order valence-corrected chi connectivity index (χ4v) is 1.88. The van der Waals surface area contributed by atoms with Crippen LogP contribution in [0.15, 0.2) is 29.3 Å². The van der Waals surface area contributed by atoms with Gasteiger partial charge in [-0.1, -0.05) is 26.8 Å². The molecule has 0 aliphatic rings. The van der Waals surface area contributed by atoms with E-state index in [0.717, 1.165) is 10.9 Å². The Morgan fingerprint density at radius 3 is 2.62 bits per heavy atom. The Kier molecular flexibility index (Phi) is 2.34. The van der Waals surface area contributed by atoms with E-state index in [-0.39, 0.29) is 11.0 Å². The summed E-state index contributed by atoms with van der Waals surface area (Å²) in [7, 11) is 1.77. The Hall–Kier alpha value is -1.64. The van der Waals surface area contributed by atoms with Crippen LogP contribution >= 0.6 is 0 Å². The van der Waals surface area contributed by atoms with Gasteiger partial charge in [-0.3, -0.25) is 9.78 Å². The van der Waals surface area contributed by atoms with Crippen molar-refractivity contribution in [2.75, 3.05) is 0 Å². The maximum Gasteiger partial charge on any atom is 0.276 e. The molecule has 0 aliphatic heterocycles. The van der Waals surface area contributed by atoms with Crippen LogP contribution in [0.25, 0.3) is 10.9 Å². The molecule has 0 radical (unpaired) electrons. The summed E-state index contributed by atoms with van der Waals surface area (Å²) in [6.45, 7) is 6.41. The Morgan fingerprint density at radius 2 is 2.00 bits per heavy atom. The third-order valence-electron chi connectivity index (χ3n) is 2.75. The van der Waals surface area contributed by atoms with Gasteiger partial charge in [-0.25, -0.2) is 0 Å². The second-order valence-electron chi connectivity index (χ2n) is 5.11. The van der Waals surface area contributed by atoms with Crippen molar-refractivity contribution >= 4 is 10.9 Å². The Bertz CT molecular complexity index is 591. The molecule has 0 atom stereocenters. The van der Waals surface area contributed by atoms with E-state index in [1.54, 1.807) is 17.8 Å². The Labute approximate surface area is 94.7 Å². The molecule has 0 aromatic carbocycles. The molecule has 0 aliphatic carbocycles. The second-order valence-corrected chi connectivity index (χ2v) is 5.11. The van der Waals surface area contributed by atoms with Crippen LogP contribution in [-0.4, -0.2) is 9.55 Å². The highest BCUT2D eigenvalue weighted by Crippen LogP contribution is 2.27. The average molecular weight is 216 g/mol.